The molecule has 0 saturated heterocycles. The van der Waals surface area contributed by atoms with E-state index in [0.29, 0.717) is 0 Å². The van der Waals surface area contributed by atoms with E-state index in [1.165, 1.54) is 6.08 Å². The van der Waals surface area contributed by atoms with E-state index in [-0.39, 0.29) is 19.8 Å². The fourth-order valence-electron chi connectivity index (χ4n) is 0.832. The lowest BCUT2D eigenvalue weighted by Crippen LogP contribution is -2.40. The molecule has 1 atom stereocenters. The largest absolute Gasteiger partial charge is 0.465 e. The Morgan fingerprint density at radius 1 is 1.56 bits per heavy atom. The third-order valence-corrected chi connectivity index (χ3v) is 1.50. The monoisotopic (exact) mass is 225 g/mol. The van der Waals surface area contributed by atoms with Crippen molar-refractivity contribution in [2.75, 3.05) is 19.8 Å². The lowest BCUT2D eigenvalue weighted by molar-refractivity contribution is -0.144. The van der Waals surface area contributed by atoms with E-state index in [4.69, 9.17) is 11.2 Å². The van der Waals surface area contributed by atoms with Crippen LogP contribution in [0.5, 0.6) is 0 Å². The average Bonchev–Trinajstić information content (AvgIpc) is 2.27. The molecular weight excluding hydrogens is 210 g/mol. The number of carbonyl (C=O) groups excluding carboxylic acids is 2. The van der Waals surface area contributed by atoms with Crippen LogP contribution in [-0.4, -0.2) is 37.7 Å². The van der Waals surface area contributed by atoms with Crippen molar-refractivity contribution in [3.05, 3.63) is 12.7 Å². The van der Waals surface area contributed by atoms with Crippen molar-refractivity contribution in [2.24, 2.45) is 0 Å². The molecule has 0 saturated carbocycles. The lowest BCUT2D eigenvalue weighted by Gasteiger charge is -2.10. The van der Waals surface area contributed by atoms with Crippen molar-refractivity contribution in [3.8, 4) is 12.3 Å². The number of rotatable bonds is 7. The van der Waals surface area contributed by atoms with Crippen LogP contribution in [0.4, 0.5) is 0 Å². The van der Waals surface area contributed by atoms with Gasteiger partial charge in [-0.25, -0.2) is 4.79 Å². The molecule has 5 heteroatoms. The number of nitrogens with one attached hydrogen (secondary N) is 1. The highest BCUT2D eigenvalue weighted by atomic mass is 16.5. The van der Waals surface area contributed by atoms with Crippen LogP contribution in [0.25, 0.3) is 0 Å². The average molecular weight is 225 g/mol. The van der Waals surface area contributed by atoms with E-state index in [1.54, 1.807) is 6.92 Å². The number of hydrogen-bond donors (Lipinski definition) is 1. The van der Waals surface area contributed by atoms with E-state index in [1.807, 2.05) is 0 Å². The molecule has 0 rings (SSSR count). The highest BCUT2D eigenvalue weighted by Gasteiger charge is 2.17. The molecule has 0 aliphatic rings. The van der Waals surface area contributed by atoms with Gasteiger partial charge >= 0.3 is 11.9 Å². The third kappa shape index (κ3) is 5.83. The van der Waals surface area contributed by atoms with Crippen LogP contribution in [0.1, 0.15) is 6.92 Å². The summed E-state index contributed by atoms with van der Waals surface area (Å²) in [5.41, 5.74) is 0. The Hall–Kier alpha value is -1.80. The summed E-state index contributed by atoms with van der Waals surface area (Å²) in [6, 6.07) is -0.954. The zero-order valence-electron chi connectivity index (χ0n) is 9.19. The molecule has 5 nitrogen and oxygen atoms in total. The first-order valence-corrected chi connectivity index (χ1v) is 4.78. The molecule has 88 valence electrons. The third-order valence-electron chi connectivity index (χ3n) is 1.50. The van der Waals surface area contributed by atoms with Crippen LogP contribution in [0.2, 0.25) is 0 Å². The molecular formula is C11H15NO4. The van der Waals surface area contributed by atoms with Gasteiger partial charge in [-0.15, -0.1) is 6.42 Å². The van der Waals surface area contributed by atoms with Gasteiger partial charge in [0, 0.05) is 0 Å². The molecule has 1 unspecified atom stereocenters. The summed E-state index contributed by atoms with van der Waals surface area (Å²) in [7, 11) is 0. The number of ether oxygens (including phenoxy) is 2. The summed E-state index contributed by atoms with van der Waals surface area (Å²) < 4.78 is 9.38. The van der Waals surface area contributed by atoms with Gasteiger partial charge < -0.3 is 9.47 Å². The Bertz CT molecular complexity index is 293. The summed E-state index contributed by atoms with van der Waals surface area (Å²) in [6.45, 7) is 5.31. The Morgan fingerprint density at radius 2 is 2.25 bits per heavy atom. The van der Waals surface area contributed by atoms with Crippen molar-refractivity contribution in [2.45, 2.75) is 13.0 Å². The van der Waals surface area contributed by atoms with Gasteiger partial charge in [0.1, 0.15) is 6.61 Å². The van der Waals surface area contributed by atoms with Gasteiger partial charge in [-0.05, 0) is 6.92 Å². The first-order valence-electron chi connectivity index (χ1n) is 4.78. The molecule has 0 radical (unpaired) electrons. The topological polar surface area (TPSA) is 64.6 Å². The van der Waals surface area contributed by atoms with Crippen LogP contribution in [-0.2, 0) is 19.1 Å². The van der Waals surface area contributed by atoms with Crippen molar-refractivity contribution in [1.82, 2.24) is 5.32 Å². The normalized spacial score (nSPS) is 11.0. The van der Waals surface area contributed by atoms with Crippen LogP contribution < -0.4 is 5.32 Å². The molecule has 0 bridgehead atoms. The SMILES string of the molecule is C#CC(NCC(=O)OCC)C(=O)OCC=C. The Labute approximate surface area is 94.8 Å². The first-order chi connectivity index (χ1) is 7.65. The minimum atomic E-state index is -0.954. The Morgan fingerprint density at radius 3 is 2.75 bits per heavy atom. The Kier molecular flexibility index (Phi) is 7.55. The van der Waals surface area contributed by atoms with E-state index in [9.17, 15) is 9.59 Å². The quantitative estimate of drug-likeness (QED) is 0.371. The number of esters is 2. The predicted octanol–water partition coefficient (Wildman–Crippen LogP) is -0.130. The van der Waals surface area contributed by atoms with E-state index < -0.39 is 18.0 Å². The van der Waals surface area contributed by atoms with E-state index in [0.717, 1.165) is 0 Å². The summed E-state index contributed by atoms with van der Waals surface area (Å²) in [5.74, 6) is 1.09. The molecule has 0 heterocycles. The molecule has 0 aromatic heterocycles. The molecule has 1 N–H and O–H groups in total. The summed E-state index contributed by atoms with van der Waals surface area (Å²) in [6.07, 6.45) is 6.54. The summed E-state index contributed by atoms with van der Waals surface area (Å²) in [5, 5.41) is 2.54. The summed E-state index contributed by atoms with van der Waals surface area (Å²) in [4.78, 5) is 22.3. The zero-order valence-corrected chi connectivity index (χ0v) is 9.19. The second-order valence-corrected chi connectivity index (χ2v) is 2.70. The highest BCUT2D eigenvalue weighted by molar-refractivity contribution is 5.80. The van der Waals surface area contributed by atoms with Gasteiger partial charge in [-0.2, -0.15) is 0 Å². The van der Waals surface area contributed by atoms with Crippen molar-refractivity contribution < 1.29 is 19.1 Å². The zero-order chi connectivity index (χ0) is 12.4. The molecule has 0 amide bonds. The molecule has 0 aromatic carbocycles. The predicted molar refractivity (Wildman–Crippen MR) is 58.4 cm³/mol. The molecule has 0 aliphatic carbocycles. The first kappa shape index (κ1) is 14.2. The van der Waals surface area contributed by atoms with Gasteiger partial charge in [-0.1, -0.05) is 18.6 Å². The molecule has 0 fully saturated rings. The highest BCUT2D eigenvalue weighted by Crippen LogP contribution is 1.88. The fourth-order valence-corrected chi connectivity index (χ4v) is 0.832. The van der Waals surface area contributed by atoms with Crippen LogP contribution >= 0.6 is 0 Å². The maximum Gasteiger partial charge on any atom is 0.336 e. The van der Waals surface area contributed by atoms with E-state index >= 15 is 0 Å². The van der Waals surface area contributed by atoms with Crippen LogP contribution in [0, 0.1) is 12.3 Å². The van der Waals surface area contributed by atoms with Gasteiger partial charge in [0.2, 0.25) is 0 Å². The maximum absolute atomic E-state index is 11.3. The van der Waals surface area contributed by atoms with Crippen molar-refractivity contribution in [1.29, 1.82) is 0 Å². The van der Waals surface area contributed by atoms with Crippen molar-refractivity contribution in [3.63, 3.8) is 0 Å². The fraction of sp³-hybridized carbons (Fsp3) is 0.455. The number of carbonyl (C=O) groups is 2. The lowest BCUT2D eigenvalue weighted by atomic mass is 10.3. The van der Waals surface area contributed by atoms with Crippen molar-refractivity contribution >= 4 is 11.9 Å². The van der Waals surface area contributed by atoms with E-state index in [2.05, 4.69) is 22.6 Å². The maximum atomic E-state index is 11.3. The van der Waals surface area contributed by atoms with Gasteiger partial charge in [-0.3, -0.25) is 10.1 Å². The second kappa shape index (κ2) is 8.50. The standard InChI is InChI=1S/C11H15NO4/c1-4-7-16-11(14)9(5-2)12-8-10(13)15-6-3/h2,4,9,12H,1,6-8H2,3H3. The molecule has 0 aromatic rings. The smallest absolute Gasteiger partial charge is 0.336 e. The van der Waals surface area contributed by atoms with Crippen LogP contribution in [0.15, 0.2) is 12.7 Å². The minimum absolute atomic E-state index is 0.0814. The molecule has 16 heavy (non-hydrogen) atoms. The van der Waals surface area contributed by atoms with Crippen LogP contribution in [0.3, 0.4) is 0 Å². The summed E-state index contributed by atoms with van der Waals surface area (Å²) >= 11 is 0. The molecule has 0 spiro atoms. The van der Waals surface area contributed by atoms with Gasteiger partial charge in [0.15, 0.2) is 6.04 Å². The number of terminal acetylenes is 1. The Balaban J connectivity index is 4.01. The molecule has 0 aliphatic heterocycles. The second-order valence-electron chi connectivity index (χ2n) is 2.70. The minimum Gasteiger partial charge on any atom is -0.465 e. The van der Waals surface area contributed by atoms with Gasteiger partial charge in [0.05, 0.1) is 13.2 Å². The number of hydrogen-bond acceptors (Lipinski definition) is 5. The van der Waals surface area contributed by atoms with Gasteiger partial charge in [0.25, 0.3) is 0 Å².